The third-order valence-electron chi connectivity index (χ3n) is 5.80. The van der Waals surface area contributed by atoms with E-state index in [-0.39, 0.29) is 5.91 Å². The number of carbonyl (C=O) groups is 1. The van der Waals surface area contributed by atoms with E-state index < -0.39 is 0 Å². The van der Waals surface area contributed by atoms with Gasteiger partial charge in [-0.1, -0.05) is 60.7 Å². The Hall–Kier alpha value is -3.42. The van der Waals surface area contributed by atoms with E-state index in [1.165, 1.54) is 31.5 Å². The largest absolute Gasteiger partial charge is 0.348 e. The van der Waals surface area contributed by atoms with E-state index >= 15 is 0 Å². The molecule has 1 fully saturated rings. The van der Waals surface area contributed by atoms with E-state index in [4.69, 9.17) is 5.26 Å². The summed E-state index contributed by atoms with van der Waals surface area (Å²) in [6.45, 7) is 3.86. The van der Waals surface area contributed by atoms with Gasteiger partial charge in [0.2, 0.25) is 0 Å². The maximum Gasteiger partial charge on any atom is 0.251 e. The molecule has 4 rings (SSSR count). The molecular weight excluding hydrogens is 382 g/mol. The van der Waals surface area contributed by atoms with Crippen LogP contribution in [0.4, 0.5) is 0 Å². The number of hydrogen-bond donors (Lipinski definition) is 1. The second-order valence-corrected chi connectivity index (χ2v) is 8.06. The summed E-state index contributed by atoms with van der Waals surface area (Å²) in [5, 5.41) is 11.9. The van der Waals surface area contributed by atoms with Gasteiger partial charge in [-0.05, 0) is 65.9 Å². The van der Waals surface area contributed by atoms with E-state index in [0.29, 0.717) is 18.5 Å². The van der Waals surface area contributed by atoms with E-state index in [1.807, 2.05) is 24.3 Å². The Morgan fingerprint density at radius 3 is 2.48 bits per heavy atom. The minimum Gasteiger partial charge on any atom is -0.348 e. The van der Waals surface area contributed by atoms with Crippen molar-refractivity contribution in [1.29, 1.82) is 5.26 Å². The molecule has 0 unspecified atom stereocenters. The lowest BCUT2D eigenvalue weighted by atomic mass is 9.98. The molecule has 4 heteroatoms. The molecule has 1 heterocycles. The van der Waals surface area contributed by atoms with Crippen LogP contribution in [0.3, 0.4) is 0 Å². The molecule has 1 saturated heterocycles. The number of hydrogen-bond acceptors (Lipinski definition) is 3. The highest BCUT2D eigenvalue weighted by Gasteiger charge is 2.12. The molecule has 1 aliphatic rings. The lowest BCUT2D eigenvalue weighted by molar-refractivity contribution is 0.0951. The first kappa shape index (κ1) is 20.8. The van der Waals surface area contributed by atoms with Crippen molar-refractivity contribution in [3.63, 3.8) is 0 Å². The van der Waals surface area contributed by atoms with Crippen LogP contribution in [-0.2, 0) is 19.5 Å². The van der Waals surface area contributed by atoms with Gasteiger partial charge in [-0.25, -0.2) is 0 Å². The first-order valence-electron chi connectivity index (χ1n) is 10.9. The van der Waals surface area contributed by atoms with Crippen LogP contribution in [0.2, 0.25) is 0 Å². The number of nitrogens with zero attached hydrogens (tertiary/aromatic N) is 2. The van der Waals surface area contributed by atoms with Crippen LogP contribution in [0.1, 0.15) is 39.9 Å². The second kappa shape index (κ2) is 10.1. The Labute approximate surface area is 184 Å². The van der Waals surface area contributed by atoms with Crippen molar-refractivity contribution < 1.29 is 4.79 Å². The second-order valence-electron chi connectivity index (χ2n) is 8.06. The average Bonchev–Trinajstić information content (AvgIpc) is 3.32. The summed E-state index contributed by atoms with van der Waals surface area (Å²) in [4.78, 5) is 15.1. The summed E-state index contributed by atoms with van der Waals surface area (Å²) in [5.41, 5.74) is 6.14. The molecule has 1 aliphatic heterocycles. The van der Waals surface area contributed by atoms with Gasteiger partial charge in [0.05, 0.1) is 12.5 Å². The molecule has 1 N–H and O–H groups in total. The zero-order valence-corrected chi connectivity index (χ0v) is 17.7. The van der Waals surface area contributed by atoms with Crippen LogP contribution >= 0.6 is 0 Å². The van der Waals surface area contributed by atoms with Gasteiger partial charge >= 0.3 is 0 Å². The minimum atomic E-state index is -0.129. The lowest BCUT2D eigenvalue weighted by Gasteiger charge is -2.15. The molecule has 3 aromatic rings. The van der Waals surface area contributed by atoms with Crippen LogP contribution in [0.25, 0.3) is 11.1 Å². The third kappa shape index (κ3) is 5.39. The molecule has 0 bridgehead atoms. The quantitative estimate of drug-likeness (QED) is 0.601. The predicted octanol–water partition coefficient (Wildman–Crippen LogP) is 4.95. The number of amides is 1. The number of benzene rings is 3. The van der Waals surface area contributed by atoms with Gasteiger partial charge in [0.15, 0.2) is 0 Å². The Bertz CT molecular complexity index is 1080. The van der Waals surface area contributed by atoms with Gasteiger partial charge in [0.1, 0.15) is 0 Å². The van der Waals surface area contributed by atoms with E-state index in [0.717, 1.165) is 28.8 Å². The highest BCUT2D eigenvalue weighted by atomic mass is 16.1. The van der Waals surface area contributed by atoms with Gasteiger partial charge in [-0.3, -0.25) is 9.69 Å². The summed E-state index contributed by atoms with van der Waals surface area (Å²) >= 11 is 0. The Morgan fingerprint density at radius 2 is 1.71 bits per heavy atom. The molecule has 0 spiro atoms. The molecule has 0 radical (unpaired) electrons. The number of likely N-dealkylation sites (tertiary alicyclic amines) is 1. The fraction of sp³-hybridized carbons (Fsp3) is 0.259. The van der Waals surface area contributed by atoms with Gasteiger partial charge in [0, 0.05) is 18.7 Å². The summed E-state index contributed by atoms with van der Waals surface area (Å²) in [6, 6.07) is 26.3. The fourth-order valence-corrected chi connectivity index (χ4v) is 4.14. The molecule has 0 saturated carbocycles. The highest BCUT2D eigenvalue weighted by molar-refractivity contribution is 5.94. The summed E-state index contributed by atoms with van der Waals surface area (Å²) in [6.07, 6.45) is 2.91. The van der Waals surface area contributed by atoms with E-state index in [1.54, 1.807) is 12.1 Å². The zero-order valence-electron chi connectivity index (χ0n) is 17.7. The lowest BCUT2D eigenvalue weighted by Crippen LogP contribution is -2.23. The third-order valence-corrected chi connectivity index (χ3v) is 5.80. The van der Waals surface area contributed by atoms with E-state index in [9.17, 15) is 4.79 Å². The topological polar surface area (TPSA) is 56.1 Å². The first-order chi connectivity index (χ1) is 15.2. The van der Waals surface area contributed by atoms with Crippen LogP contribution in [0, 0.1) is 11.3 Å². The van der Waals surface area contributed by atoms with Gasteiger partial charge in [-0.15, -0.1) is 0 Å². The van der Waals surface area contributed by atoms with Crippen LogP contribution in [0.15, 0.2) is 72.8 Å². The Morgan fingerprint density at radius 1 is 0.935 bits per heavy atom. The van der Waals surface area contributed by atoms with Crippen LogP contribution in [-0.4, -0.2) is 23.9 Å². The molecule has 4 nitrogen and oxygen atoms in total. The van der Waals surface area contributed by atoms with Gasteiger partial charge in [-0.2, -0.15) is 5.26 Å². The summed E-state index contributed by atoms with van der Waals surface area (Å²) in [5.74, 6) is -0.129. The van der Waals surface area contributed by atoms with Crippen molar-refractivity contribution >= 4 is 5.91 Å². The highest BCUT2D eigenvalue weighted by Crippen LogP contribution is 2.25. The molecule has 156 valence electrons. The van der Waals surface area contributed by atoms with Crippen molar-refractivity contribution in [1.82, 2.24) is 10.2 Å². The molecule has 0 aromatic heterocycles. The van der Waals surface area contributed by atoms with Crippen molar-refractivity contribution in [2.24, 2.45) is 0 Å². The zero-order chi connectivity index (χ0) is 21.5. The van der Waals surface area contributed by atoms with Gasteiger partial charge in [0.25, 0.3) is 5.91 Å². The minimum absolute atomic E-state index is 0.129. The average molecular weight is 410 g/mol. The molecule has 0 atom stereocenters. The SMILES string of the molecule is N#CCc1cccc(C(=O)NCc2ccccc2-c2ccc(CN3CCCC3)cc2)c1. The van der Waals surface area contributed by atoms with Crippen molar-refractivity contribution in [2.75, 3.05) is 13.1 Å². The monoisotopic (exact) mass is 409 g/mol. The molecule has 0 aliphatic carbocycles. The first-order valence-corrected chi connectivity index (χ1v) is 10.9. The number of nitriles is 1. The normalized spacial score (nSPS) is 13.6. The van der Waals surface area contributed by atoms with Gasteiger partial charge < -0.3 is 5.32 Å². The Kier molecular flexibility index (Phi) is 6.76. The molecule has 3 aromatic carbocycles. The Balaban J connectivity index is 1.44. The van der Waals surface area contributed by atoms with Crippen molar-refractivity contribution in [3.8, 4) is 17.2 Å². The molecular formula is C27H27N3O. The maximum atomic E-state index is 12.6. The number of carbonyl (C=O) groups excluding carboxylic acids is 1. The molecule has 1 amide bonds. The number of rotatable bonds is 7. The maximum absolute atomic E-state index is 12.6. The van der Waals surface area contributed by atoms with Crippen LogP contribution in [0.5, 0.6) is 0 Å². The summed E-state index contributed by atoms with van der Waals surface area (Å²) in [7, 11) is 0. The smallest absolute Gasteiger partial charge is 0.251 e. The standard InChI is InChI=1S/C27H27N3O/c28-15-14-21-6-5-8-24(18-21)27(31)29-19-25-7-1-2-9-26(25)23-12-10-22(11-13-23)20-30-16-3-4-17-30/h1-2,5-13,18H,3-4,14,16-17,19-20H2,(H,29,31). The number of nitrogens with one attached hydrogen (secondary N) is 1. The fourth-order valence-electron chi connectivity index (χ4n) is 4.14. The van der Waals surface area contributed by atoms with Crippen molar-refractivity contribution in [3.05, 3.63) is 95.1 Å². The predicted molar refractivity (Wildman–Crippen MR) is 123 cm³/mol. The van der Waals surface area contributed by atoms with Crippen LogP contribution < -0.4 is 5.32 Å². The van der Waals surface area contributed by atoms with Crippen molar-refractivity contribution in [2.45, 2.75) is 32.4 Å². The summed E-state index contributed by atoms with van der Waals surface area (Å²) < 4.78 is 0. The molecule has 31 heavy (non-hydrogen) atoms. The van der Waals surface area contributed by atoms with E-state index in [2.05, 4.69) is 52.7 Å².